The zero-order valence-electron chi connectivity index (χ0n) is 18.9. The number of benzene rings is 1. The topological polar surface area (TPSA) is 119 Å². The van der Waals surface area contributed by atoms with Gasteiger partial charge in [-0.25, -0.2) is 4.98 Å². The molecule has 0 saturated heterocycles. The molecule has 168 valence electrons. The number of rotatable bonds is 7. The Balaban J connectivity index is 1.39. The molecule has 1 aliphatic carbocycles. The molecular formula is C24H36N6O. The predicted octanol–water partition coefficient (Wildman–Crippen LogP) is 3.76. The Hall–Kier alpha value is -2.83. The first-order valence-corrected chi connectivity index (χ1v) is 11.2. The molecule has 1 aliphatic rings. The summed E-state index contributed by atoms with van der Waals surface area (Å²) in [5.74, 6) is 1.69. The second-order valence-corrected chi connectivity index (χ2v) is 9.64. The van der Waals surface area contributed by atoms with Gasteiger partial charge in [0.1, 0.15) is 5.82 Å². The Morgan fingerprint density at radius 2 is 1.77 bits per heavy atom. The average Bonchev–Trinajstić information content (AvgIpc) is 2.73. The molecule has 2 aromatic rings. The zero-order chi connectivity index (χ0) is 22.4. The van der Waals surface area contributed by atoms with Crippen LogP contribution in [-0.4, -0.2) is 22.4 Å². The summed E-state index contributed by atoms with van der Waals surface area (Å²) in [5.41, 5.74) is 14.7. The van der Waals surface area contributed by atoms with E-state index in [1.807, 2.05) is 12.1 Å². The molecule has 7 heteroatoms. The highest BCUT2D eigenvalue weighted by Crippen LogP contribution is 2.39. The van der Waals surface area contributed by atoms with Gasteiger partial charge in [0.2, 0.25) is 11.9 Å². The standard InChI is InChI=1S/C24H36N6O/c1-24(2,3)19-8-6-17(7-9-19)22(31)27-13-12-16-4-10-20(11-5-16)28-14-18-15-29-23(26)30-21(18)25/h4-5,10-11,15,17,19,28H,6-9,12-14H2,1-3H3,(H,27,31)(H4,25,26,29,30). The monoisotopic (exact) mass is 424 g/mol. The number of nitrogens with two attached hydrogens (primary N) is 2. The van der Waals surface area contributed by atoms with Crippen molar-refractivity contribution in [2.24, 2.45) is 17.3 Å². The van der Waals surface area contributed by atoms with Gasteiger partial charge in [0.25, 0.3) is 0 Å². The Morgan fingerprint density at radius 1 is 1.10 bits per heavy atom. The second kappa shape index (κ2) is 9.98. The Kier molecular flexibility index (Phi) is 7.36. The molecule has 1 amide bonds. The van der Waals surface area contributed by atoms with E-state index in [2.05, 4.69) is 53.5 Å². The van der Waals surface area contributed by atoms with Gasteiger partial charge in [-0.3, -0.25) is 4.79 Å². The lowest BCUT2D eigenvalue weighted by atomic mass is 9.69. The molecule has 6 N–H and O–H groups in total. The van der Waals surface area contributed by atoms with E-state index in [-0.39, 0.29) is 17.8 Å². The van der Waals surface area contributed by atoms with Gasteiger partial charge in [-0.15, -0.1) is 0 Å². The average molecular weight is 425 g/mol. The fourth-order valence-electron chi connectivity index (χ4n) is 4.25. The van der Waals surface area contributed by atoms with Crippen molar-refractivity contribution < 1.29 is 4.79 Å². The van der Waals surface area contributed by atoms with Crippen LogP contribution in [0.1, 0.15) is 57.6 Å². The second-order valence-electron chi connectivity index (χ2n) is 9.64. The van der Waals surface area contributed by atoms with Crippen molar-refractivity contribution in [1.29, 1.82) is 0 Å². The van der Waals surface area contributed by atoms with E-state index in [1.165, 1.54) is 5.56 Å². The Labute approximate surface area is 185 Å². The summed E-state index contributed by atoms with van der Waals surface area (Å²) in [4.78, 5) is 20.5. The van der Waals surface area contributed by atoms with Crippen LogP contribution in [0.2, 0.25) is 0 Å². The number of nitrogens with one attached hydrogen (secondary N) is 2. The van der Waals surface area contributed by atoms with Gasteiger partial charge in [0.15, 0.2) is 0 Å². The van der Waals surface area contributed by atoms with Crippen LogP contribution >= 0.6 is 0 Å². The van der Waals surface area contributed by atoms with E-state index < -0.39 is 0 Å². The largest absolute Gasteiger partial charge is 0.383 e. The molecule has 31 heavy (non-hydrogen) atoms. The molecule has 0 atom stereocenters. The van der Waals surface area contributed by atoms with Crippen molar-refractivity contribution in [2.75, 3.05) is 23.3 Å². The lowest BCUT2D eigenvalue weighted by molar-refractivity contribution is -0.126. The van der Waals surface area contributed by atoms with E-state index in [0.29, 0.717) is 24.3 Å². The van der Waals surface area contributed by atoms with Gasteiger partial charge in [-0.2, -0.15) is 4.98 Å². The summed E-state index contributed by atoms with van der Waals surface area (Å²) < 4.78 is 0. The summed E-state index contributed by atoms with van der Waals surface area (Å²) in [5, 5.41) is 6.44. The SMILES string of the molecule is CC(C)(C)C1CCC(C(=O)NCCc2ccc(NCc3cnc(N)nc3N)cc2)CC1. The summed E-state index contributed by atoms with van der Waals surface area (Å²) in [6.45, 7) is 8.12. The van der Waals surface area contributed by atoms with Crippen molar-refractivity contribution in [2.45, 2.75) is 59.4 Å². The molecule has 1 aromatic heterocycles. The van der Waals surface area contributed by atoms with Crippen LogP contribution in [0, 0.1) is 17.3 Å². The Morgan fingerprint density at radius 3 is 2.39 bits per heavy atom. The minimum Gasteiger partial charge on any atom is -0.383 e. The molecule has 1 aromatic carbocycles. The fraction of sp³-hybridized carbons (Fsp3) is 0.542. The predicted molar refractivity (Wildman–Crippen MR) is 126 cm³/mol. The number of hydrogen-bond acceptors (Lipinski definition) is 6. The van der Waals surface area contributed by atoms with Crippen LogP contribution in [0.25, 0.3) is 0 Å². The van der Waals surface area contributed by atoms with Gasteiger partial charge in [0, 0.05) is 36.5 Å². The van der Waals surface area contributed by atoms with Crippen LogP contribution in [0.3, 0.4) is 0 Å². The zero-order valence-corrected chi connectivity index (χ0v) is 18.9. The molecule has 0 spiro atoms. The number of carbonyl (C=O) groups excluding carboxylic acids is 1. The molecule has 0 radical (unpaired) electrons. The maximum atomic E-state index is 12.5. The smallest absolute Gasteiger partial charge is 0.223 e. The molecule has 0 unspecified atom stereocenters. The van der Waals surface area contributed by atoms with Gasteiger partial charge in [-0.1, -0.05) is 32.9 Å². The molecule has 1 fully saturated rings. The first-order chi connectivity index (χ1) is 14.7. The van der Waals surface area contributed by atoms with E-state index in [9.17, 15) is 4.79 Å². The van der Waals surface area contributed by atoms with Crippen molar-refractivity contribution in [3.05, 3.63) is 41.6 Å². The highest BCUT2D eigenvalue weighted by molar-refractivity contribution is 5.78. The normalized spacial score (nSPS) is 19.1. The van der Waals surface area contributed by atoms with E-state index >= 15 is 0 Å². The van der Waals surface area contributed by atoms with Crippen molar-refractivity contribution in [1.82, 2.24) is 15.3 Å². The summed E-state index contributed by atoms with van der Waals surface area (Å²) >= 11 is 0. The summed E-state index contributed by atoms with van der Waals surface area (Å²) in [6, 6.07) is 8.20. The van der Waals surface area contributed by atoms with E-state index in [4.69, 9.17) is 11.5 Å². The molecule has 0 bridgehead atoms. The number of carbonyl (C=O) groups is 1. The third kappa shape index (κ3) is 6.57. The molecule has 7 nitrogen and oxygen atoms in total. The quantitative estimate of drug-likeness (QED) is 0.537. The number of nitrogen functional groups attached to an aromatic ring is 2. The van der Waals surface area contributed by atoms with Gasteiger partial charge < -0.3 is 22.1 Å². The highest BCUT2D eigenvalue weighted by Gasteiger charge is 2.32. The van der Waals surface area contributed by atoms with Crippen molar-refractivity contribution in [3.8, 4) is 0 Å². The minimum absolute atomic E-state index is 0.176. The molecule has 0 aliphatic heterocycles. The first kappa shape index (κ1) is 22.8. The van der Waals surface area contributed by atoms with Crippen molar-refractivity contribution in [3.63, 3.8) is 0 Å². The lowest BCUT2D eigenvalue weighted by Crippen LogP contribution is -2.36. The maximum absolute atomic E-state index is 12.5. The molecule has 1 saturated carbocycles. The third-order valence-electron chi connectivity index (χ3n) is 6.39. The molecule has 3 rings (SSSR count). The third-order valence-corrected chi connectivity index (χ3v) is 6.39. The number of anilines is 3. The summed E-state index contributed by atoms with van der Waals surface area (Å²) in [7, 11) is 0. The number of nitrogens with zero attached hydrogens (tertiary/aromatic N) is 2. The van der Waals surface area contributed by atoms with E-state index in [0.717, 1.165) is 49.3 Å². The van der Waals surface area contributed by atoms with Gasteiger partial charge in [0.05, 0.1) is 0 Å². The lowest BCUT2D eigenvalue weighted by Gasteiger charge is -2.36. The van der Waals surface area contributed by atoms with Crippen LogP contribution in [0.15, 0.2) is 30.5 Å². The van der Waals surface area contributed by atoms with Crippen LogP contribution in [0.5, 0.6) is 0 Å². The molecular weight excluding hydrogens is 388 g/mol. The van der Waals surface area contributed by atoms with Gasteiger partial charge in [-0.05, 0) is 61.1 Å². The van der Waals surface area contributed by atoms with Crippen molar-refractivity contribution >= 4 is 23.4 Å². The maximum Gasteiger partial charge on any atom is 0.223 e. The number of aromatic nitrogens is 2. The molecule has 1 heterocycles. The summed E-state index contributed by atoms with van der Waals surface area (Å²) in [6.07, 6.45) is 6.79. The number of hydrogen-bond donors (Lipinski definition) is 4. The number of amides is 1. The highest BCUT2D eigenvalue weighted by atomic mass is 16.1. The Bertz CT molecular complexity index is 867. The minimum atomic E-state index is 0.176. The van der Waals surface area contributed by atoms with Crippen LogP contribution in [0.4, 0.5) is 17.5 Å². The van der Waals surface area contributed by atoms with Crippen LogP contribution in [-0.2, 0) is 17.8 Å². The first-order valence-electron chi connectivity index (χ1n) is 11.2. The van der Waals surface area contributed by atoms with Gasteiger partial charge >= 0.3 is 0 Å². The fourth-order valence-corrected chi connectivity index (χ4v) is 4.25. The van der Waals surface area contributed by atoms with E-state index in [1.54, 1.807) is 6.20 Å². The van der Waals surface area contributed by atoms with Crippen LogP contribution < -0.4 is 22.1 Å².